The fourth-order valence-electron chi connectivity index (χ4n) is 4.15. The Kier molecular flexibility index (Phi) is 9.03. The number of amides is 2. The molecule has 3 aromatic carbocycles. The fraction of sp³-hybridized carbons (Fsp3) is 0.333. The molecule has 0 spiro atoms. The highest BCUT2D eigenvalue weighted by molar-refractivity contribution is 5.89. The zero-order valence-electron chi connectivity index (χ0n) is 20.8. The number of carbonyl (C=O) groups is 2. The Morgan fingerprint density at radius 2 is 1.53 bits per heavy atom. The first-order chi connectivity index (χ1) is 16.4. The van der Waals surface area contributed by atoms with Crippen molar-refractivity contribution in [3.8, 4) is 0 Å². The molecule has 3 rings (SSSR count). The smallest absolute Gasteiger partial charge is 0.243 e. The first-order valence-electron chi connectivity index (χ1n) is 12.1. The number of benzene rings is 3. The molecule has 0 bridgehead atoms. The molecule has 4 heteroatoms. The largest absolute Gasteiger partial charge is 0.354 e. The molecule has 1 unspecified atom stereocenters. The Morgan fingerprint density at radius 3 is 2.24 bits per heavy atom. The van der Waals surface area contributed by atoms with E-state index >= 15 is 0 Å². The third-order valence-electron chi connectivity index (χ3n) is 6.27. The third-order valence-corrected chi connectivity index (χ3v) is 6.27. The predicted molar refractivity (Wildman–Crippen MR) is 139 cm³/mol. The lowest BCUT2D eigenvalue weighted by atomic mass is 9.98. The Morgan fingerprint density at radius 1 is 0.853 bits per heavy atom. The van der Waals surface area contributed by atoms with Gasteiger partial charge in [-0.2, -0.15) is 0 Å². The van der Waals surface area contributed by atoms with Crippen LogP contribution in [0.25, 0.3) is 0 Å². The van der Waals surface area contributed by atoms with Crippen LogP contribution in [0.5, 0.6) is 0 Å². The number of hydrogen-bond donors (Lipinski definition) is 1. The maximum atomic E-state index is 13.8. The zero-order chi connectivity index (χ0) is 24.5. The van der Waals surface area contributed by atoms with Crippen LogP contribution in [-0.2, 0) is 29.0 Å². The molecule has 34 heavy (non-hydrogen) atoms. The van der Waals surface area contributed by atoms with Crippen LogP contribution in [0.1, 0.15) is 46.7 Å². The highest BCUT2D eigenvalue weighted by Gasteiger charge is 2.30. The topological polar surface area (TPSA) is 49.4 Å². The van der Waals surface area contributed by atoms with Gasteiger partial charge in [0.15, 0.2) is 0 Å². The van der Waals surface area contributed by atoms with Gasteiger partial charge < -0.3 is 10.2 Å². The Hall–Kier alpha value is -3.40. The minimum atomic E-state index is -0.592. The molecule has 0 aromatic heterocycles. The van der Waals surface area contributed by atoms with Crippen LogP contribution in [-0.4, -0.2) is 29.3 Å². The molecule has 4 nitrogen and oxygen atoms in total. The molecule has 0 radical (unpaired) electrons. The summed E-state index contributed by atoms with van der Waals surface area (Å²) in [6.45, 7) is 9.13. The van der Waals surface area contributed by atoms with Crippen molar-refractivity contribution in [3.63, 3.8) is 0 Å². The summed E-state index contributed by atoms with van der Waals surface area (Å²) in [6, 6.07) is 23.6. The van der Waals surface area contributed by atoms with E-state index in [0.717, 1.165) is 39.8 Å². The molecule has 0 fully saturated rings. The number of hydrogen-bond acceptors (Lipinski definition) is 2. The Labute approximate surface area is 204 Å². The average Bonchev–Trinajstić information content (AvgIpc) is 2.83. The molecular weight excluding hydrogens is 420 g/mol. The van der Waals surface area contributed by atoms with Gasteiger partial charge in [-0.3, -0.25) is 9.59 Å². The van der Waals surface area contributed by atoms with Gasteiger partial charge in [0.2, 0.25) is 11.8 Å². The molecule has 1 atom stereocenters. The van der Waals surface area contributed by atoms with Crippen molar-refractivity contribution in [3.05, 3.63) is 106 Å². The van der Waals surface area contributed by atoms with Gasteiger partial charge in [-0.1, -0.05) is 85.3 Å². The van der Waals surface area contributed by atoms with Gasteiger partial charge in [-0.25, -0.2) is 0 Å². The van der Waals surface area contributed by atoms with E-state index in [1.54, 1.807) is 4.90 Å². The third kappa shape index (κ3) is 6.80. The Bertz CT molecular complexity index is 1110. The molecule has 2 amide bonds. The van der Waals surface area contributed by atoms with Gasteiger partial charge in [-0.15, -0.1) is 0 Å². The molecule has 178 valence electrons. The lowest BCUT2D eigenvalue weighted by Gasteiger charge is -2.32. The zero-order valence-corrected chi connectivity index (χ0v) is 20.8. The van der Waals surface area contributed by atoms with E-state index in [0.29, 0.717) is 19.5 Å². The number of nitrogens with one attached hydrogen (secondary N) is 1. The van der Waals surface area contributed by atoms with Crippen LogP contribution < -0.4 is 5.32 Å². The molecule has 0 aliphatic carbocycles. The highest BCUT2D eigenvalue weighted by Crippen LogP contribution is 2.20. The molecule has 0 aliphatic heterocycles. The number of carbonyl (C=O) groups excluding carboxylic acids is 2. The van der Waals surface area contributed by atoms with Crippen molar-refractivity contribution in [2.75, 3.05) is 6.54 Å². The summed E-state index contributed by atoms with van der Waals surface area (Å²) in [6.07, 6.45) is 1.59. The predicted octanol–water partition coefficient (Wildman–Crippen LogP) is 5.32. The molecule has 1 N–H and O–H groups in total. The van der Waals surface area contributed by atoms with E-state index in [1.807, 2.05) is 82.3 Å². The fourth-order valence-corrected chi connectivity index (χ4v) is 4.15. The van der Waals surface area contributed by atoms with Crippen LogP contribution in [0.15, 0.2) is 72.8 Å². The highest BCUT2D eigenvalue weighted by atomic mass is 16.2. The van der Waals surface area contributed by atoms with Crippen molar-refractivity contribution in [2.45, 2.75) is 59.5 Å². The summed E-state index contributed by atoms with van der Waals surface area (Å²) < 4.78 is 0. The van der Waals surface area contributed by atoms with E-state index in [9.17, 15) is 9.59 Å². The van der Waals surface area contributed by atoms with Crippen molar-refractivity contribution in [1.29, 1.82) is 0 Å². The SMILES string of the molecule is CCCNC(=O)C(Cc1ccccc1)N(Cc1ccccc1C)C(=O)Cc1cc(C)ccc1C. The number of aryl methyl sites for hydroxylation is 3. The van der Waals surface area contributed by atoms with Gasteiger partial charge >= 0.3 is 0 Å². The van der Waals surface area contributed by atoms with Crippen molar-refractivity contribution in [1.82, 2.24) is 10.2 Å². The van der Waals surface area contributed by atoms with Crippen LogP contribution in [0.3, 0.4) is 0 Å². The summed E-state index contributed by atoms with van der Waals surface area (Å²) in [4.78, 5) is 29.0. The summed E-state index contributed by atoms with van der Waals surface area (Å²) in [5.41, 5.74) is 6.42. The van der Waals surface area contributed by atoms with E-state index in [4.69, 9.17) is 0 Å². The summed E-state index contributed by atoms with van der Waals surface area (Å²) in [7, 11) is 0. The van der Waals surface area contributed by atoms with Gasteiger partial charge in [0, 0.05) is 19.5 Å². The first kappa shape index (κ1) is 25.2. The van der Waals surface area contributed by atoms with Crippen LogP contribution >= 0.6 is 0 Å². The maximum absolute atomic E-state index is 13.8. The van der Waals surface area contributed by atoms with Crippen molar-refractivity contribution in [2.24, 2.45) is 0 Å². The van der Waals surface area contributed by atoms with E-state index < -0.39 is 6.04 Å². The molecular formula is C30H36N2O2. The van der Waals surface area contributed by atoms with Crippen LogP contribution in [0, 0.1) is 20.8 Å². The van der Waals surface area contributed by atoms with Gasteiger partial charge in [0.05, 0.1) is 6.42 Å². The summed E-state index contributed by atoms with van der Waals surface area (Å²) in [5.74, 6) is -0.141. The lowest BCUT2D eigenvalue weighted by molar-refractivity contribution is -0.140. The number of nitrogens with zero attached hydrogens (tertiary/aromatic N) is 1. The molecule has 3 aromatic rings. The molecule has 0 saturated carbocycles. The second-order valence-electron chi connectivity index (χ2n) is 9.05. The minimum absolute atomic E-state index is 0.0375. The molecule has 0 saturated heterocycles. The first-order valence-corrected chi connectivity index (χ1v) is 12.1. The van der Waals surface area contributed by atoms with Crippen LogP contribution in [0.4, 0.5) is 0 Å². The van der Waals surface area contributed by atoms with Crippen molar-refractivity contribution < 1.29 is 9.59 Å². The van der Waals surface area contributed by atoms with Gasteiger partial charge in [0.25, 0.3) is 0 Å². The standard InChI is InChI=1S/C30H36N2O2/c1-5-17-31-30(34)28(19-25-12-7-6-8-13-25)32(21-26-14-10-9-11-23(26)3)29(33)20-27-18-22(2)15-16-24(27)4/h6-16,18,28H,5,17,19-21H2,1-4H3,(H,31,34). The Balaban J connectivity index is 1.99. The average molecular weight is 457 g/mol. The summed E-state index contributed by atoms with van der Waals surface area (Å²) >= 11 is 0. The minimum Gasteiger partial charge on any atom is -0.354 e. The molecule has 0 aliphatic rings. The monoisotopic (exact) mass is 456 g/mol. The maximum Gasteiger partial charge on any atom is 0.243 e. The quantitative estimate of drug-likeness (QED) is 0.449. The molecule has 0 heterocycles. The van der Waals surface area contributed by atoms with Gasteiger partial charge in [-0.05, 0) is 55.0 Å². The second-order valence-corrected chi connectivity index (χ2v) is 9.05. The van der Waals surface area contributed by atoms with E-state index in [1.165, 1.54) is 0 Å². The van der Waals surface area contributed by atoms with Crippen molar-refractivity contribution >= 4 is 11.8 Å². The normalized spacial score (nSPS) is 11.6. The van der Waals surface area contributed by atoms with E-state index in [-0.39, 0.29) is 18.2 Å². The second kappa shape index (κ2) is 12.2. The summed E-state index contributed by atoms with van der Waals surface area (Å²) in [5, 5.41) is 3.04. The number of rotatable bonds is 10. The van der Waals surface area contributed by atoms with Gasteiger partial charge in [0.1, 0.15) is 6.04 Å². The van der Waals surface area contributed by atoms with Crippen LogP contribution in [0.2, 0.25) is 0 Å². The lowest BCUT2D eigenvalue weighted by Crippen LogP contribution is -2.51. The van der Waals surface area contributed by atoms with E-state index in [2.05, 4.69) is 23.5 Å².